The van der Waals surface area contributed by atoms with Gasteiger partial charge in [0.05, 0.1) is 0 Å². The van der Waals surface area contributed by atoms with Crippen molar-refractivity contribution >= 4 is 6.03 Å². The van der Waals surface area contributed by atoms with Crippen molar-refractivity contribution in [1.82, 2.24) is 10.2 Å². The van der Waals surface area contributed by atoms with Gasteiger partial charge in [-0.1, -0.05) is 18.2 Å². The predicted molar refractivity (Wildman–Crippen MR) is 70.9 cm³/mol. The van der Waals surface area contributed by atoms with E-state index in [2.05, 4.69) is 11.9 Å². The number of hydrogen-bond donors (Lipinski definition) is 1. The zero-order valence-corrected chi connectivity index (χ0v) is 10.8. The van der Waals surface area contributed by atoms with Gasteiger partial charge in [0, 0.05) is 19.6 Å². The van der Waals surface area contributed by atoms with E-state index >= 15 is 0 Å². The van der Waals surface area contributed by atoms with Crippen LogP contribution in [0.4, 0.5) is 9.18 Å². The minimum Gasteiger partial charge on any atom is -0.335 e. The minimum absolute atomic E-state index is 0.00442. The third-order valence-electron chi connectivity index (χ3n) is 2.57. The lowest BCUT2D eigenvalue weighted by Crippen LogP contribution is -2.42. The number of nitrogens with zero attached hydrogens (tertiary/aromatic N) is 1. The van der Waals surface area contributed by atoms with Gasteiger partial charge in [-0.25, -0.2) is 9.18 Å². The number of carbonyl (C=O) groups is 1. The second-order valence-corrected chi connectivity index (χ2v) is 4.35. The van der Waals surface area contributed by atoms with Crippen molar-refractivity contribution in [3.63, 3.8) is 0 Å². The normalized spacial score (nSPS) is 11.7. The molecule has 2 amide bonds. The molecule has 0 bridgehead atoms. The standard InChI is InChI=1S/C14H19FN2O/c1-4-9-17(3)14(18)16-11(2)10-12-5-7-13(15)8-6-12/h4-8,11H,1,9-10H2,2-3H3,(H,16,18). The lowest BCUT2D eigenvalue weighted by atomic mass is 10.1. The molecule has 0 saturated carbocycles. The van der Waals surface area contributed by atoms with Crippen molar-refractivity contribution in [2.24, 2.45) is 0 Å². The Kier molecular flexibility index (Phi) is 5.36. The molecule has 0 aromatic heterocycles. The molecule has 1 aromatic carbocycles. The van der Waals surface area contributed by atoms with Gasteiger partial charge < -0.3 is 10.2 Å². The minimum atomic E-state index is -0.249. The molecule has 1 rings (SSSR count). The van der Waals surface area contributed by atoms with Gasteiger partial charge in [-0.2, -0.15) is 0 Å². The SMILES string of the molecule is C=CCN(C)C(=O)NC(C)Cc1ccc(F)cc1. The van der Waals surface area contributed by atoms with Gasteiger partial charge in [-0.3, -0.25) is 0 Å². The highest BCUT2D eigenvalue weighted by molar-refractivity contribution is 5.74. The van der Waals surface area contributed by atoms with E-state index in [1.807, 2.05) is 6.92 Å². The maximum Gasteiger partial charge on any atom is 0.317 e. The van der Waals surface area contributed by atoms with E-state index in [0.29, 0.717) is 13.0 Å². The highest BCUT2D eigenvalue weighted by Gasteiger charge is 2.11. The van der Waals surface area contributed by atoms with E-state index in [-0.39, 0.29) is 17.9 Å². The lowest BCUT2D eigenvalue weighted by molar-refractivity contribution is 0.209. The molecular formula is C14H19FN2O. The molecule has 0 aliphatic heterocycles. The Balaban J connectivity index is 2.46. The number of likely N-dealkylation sites (N-methyl/N-ethyl adjacent to an activating group) is 1. The molecule has 0 aliphatic rings. The first-order chi connectivity index (χ1) is 8.52. The van der Waals surface area contributed by atoms with Gasteiger partial charge in [0.15, 0.2) is 0 Å². The fourth-order valence-corrected chi connectivity index (χ4v) is 1.62. The molecule has 0 radical (unpaired) electrons. The second kappa shape index (κ2) is 6.79. The van der Waals surface area contributed by atoms with Crippen molar-refractivity contribution in [2.45, 2.75) is 19.4 Å². The van der Waals surface area contributed by atoms with Gasteiger partial charge >= 0.3 is 6.03 Å². The van der Waals surface area contributed by atoms with Crippen LogP contribution in [0, 0.1) is 5.82 Å². The number of benzene rings is 1. The van der Waals surface area contributed by atoms with E-state index in [4.69, 9.17) is 0 Å². The van der Waals surface area contributed by atoms with Crippen molar-refractivity contribution < 1.29 is 9.18 Å². The Morgan fingerprint density at radius 1 is 1.50 bits per heavy atom. The first-order valence-corrected chi connectivity index (χ1v) is 5.90. The Morgan fingerprint density at radius 3 is 2.67 bits per heavy atom. The van der Waals surface area contributed by atoms with Crippen molar-refractivity contribution in [1.29, 1.82) is 0 Å². The molecule has 1 unspecified atom stereocenters. The van der Waals surface area contributed by atoms with E-state index in [9.17, 15) is 9.18 Å². The molecule has 0 heterocycles. The number of urea groups is 1. The van der Waals surface area contributed by atoms with Gasteiger partial charge in [0.1, 0.15) is 5.82 Å². The summed E-state index contributed by atoms with van der Waals surface area (Å²) in [7, 11) is 1.71. The molecule has 4 heteroatoms. The molecule has 1 atom stereocenters. The number of nitrogens with one attached hydrogen (secondary N) is 1. The smallest absolute Gasteiger partial charge is 0.317 e. The van der Waals surface area contributed by atoms with Crippen LogP contribution in [0.25, 0.3) is 0 Å². The van der Waals surface area contributed by atoms with Crippen molar-refractivity contribution in [3.05, 3.63) is 48.3 Å². The number of amides is 2. The van der Waals surface area contributed by atoms with Crippen molar-refractivity contribution in [2.75, 3.05) is 13.6 Å². The zero-order valence-electron chi connectivity index (χ0n) is 10.8. The van der Waals surface area contributed by atoms with Crippen LogP contribution in [0.15, 0.2) is 36.9 Å². The third kappa shape index (κ3) is 4.57. The zero-order chi connectivity index (χ0) is 13.5. The summed E-state index contributed by atoms with van der Waals surface area (Å²) in [5.74, 6) is -0.249. The fourth-order valence-electron chi connectivity index (χ4n) is 1.62. The number of rotatable bonds is 5. The summed E-state index contributed by atoms with van der Waals surface area (Å²) in [5.41, 5.74) is 0.996. The molecule has 18 heavy (non-hydrogen) atoms. The number of carbonyl (C=O) groups excluding carboxylic acids is 1. The summed E-state index contributed by atoms with van der Waals surface area (Å²) < 4.78 is 12.7. The Hall–Kier alpha value is -1.84. The van der Waals surface area contributed by atoms with E-state index in [1.165, 1.54) is 12.1 Å². The third-order valence-corrected chi connectivity index (χ3v) is 2.57. The molecule has 98 valence electrons. The molecular weight excluding hydrogens is 231 g/mol. The van der Waals surface area contributed by atoms with E-state index < -0.39 is 0 Å². The molecule has 0 aliphatic carbocycles. The molecule has 0 fully saturated rings. The van der Waals surface area contributed by atoms with Crippen LogP contribution in [0.5, 0.6) is 0 Å². The van der Waals surface area contributed by atoms with Gasteiger partial charge in [0.2, 0.25) is 0 Å². The first kappa shape index (κ1) is 14.2. The Morgan fingerprint density at radius 2 is 2.11 bits per heavy atom. The van der Waals surface area contributed by atoms with E-state index in [1.54, 1.807) is 30.2 Å². The molecule has 3 nitrogen and oxygen atoms in total. The largest absolute Gasteiger partial charge is 0.335 e. The summed E-state index contributed by atoms with van der Waals surface area (Å²) in [4.78, 5) is 13.2. The molecule has 0 saturated heterocycles. The van der Waals surface area contributed by atoms with Crippen LogP contribution in [0.1, 0.15) is 12.5 Å². The lowest BCUT2D eigenvalue weighted by Gasteiger charge is -2.20. The van der Waals surface area contributed by atoms with Crippen LogP contribution in [0.2, 0.25) is 0 Å². The maximum atomic E-state index is 12.7. The highest BCUT2D eigenvalue weighted by Crippen LogP contribution is 2.05. The second-order valence-electron chi connectivity index (χ2n) is 4.35. The van der Waals surface area contributed by atoms with Gasteiger partial charge in [0.25, 0.3) is 0 Å². The molecule has 1 aromatic rings. The first-order valence-electron chi connectivity index (χ1n) is 5.90. The van der Waals surface area contributed by atoms with Crippen molar-refractivity contribution in [3.8, 4) is 0 Å². The quantitative estimate of drug-likeness (QED) is 0.800. The maximum absolute atomic E-state index is 12.7. The Bertz CT molecular complexity index is 403. The summed E-state index contributed by atoms with van der Waals surface area (Å²) in [6.45, 7) is 6.01. The Labute approximate surface area is 107 Å². The average molecular weight is 250 g/mol. The highest BCUT2D eigenvalue weighted by atomic mass is 19.1. The number of halogens is 1. The predicted octanol–water partition coefficient (Wildman–Crippen LogP) is 2.58. The topological polar surface area (TPSA) is 32.3 Å². The monoisotopic (exact) mass is 250 g/mol. The summed E-state index contributed by atoms with van der Waals surface area (Å²) in [6.07, 6.45) is 2.35. The van der Waals surface area contributed by atoms with Gasteiger partial charge in [-0.05, 0) is 31.0 Å². The van der Waals surface area contributed by atoms with Crippen LogP contribution in [0.3, 0.4) is 0 Å². The molecule has 0 spiro atoms. The summed E-state index contributed by atoms with van der Waals surface area (Å²) in [5, 5.41) is 2.87. The number of hydrogen-bond acceptors (Lipinski definition) is 1. The van der Waals surface area contributed by atoms with Crippen LogP contribution < -0.4 is 5.32 Å². The van der Waals surface area contributed by atoms with Crippen LogP contribution in [-0.2, 0) is 6.42 Å². The van der Waals surface area contributed by atoms with Gasteiger partial charge in [-0.15, -0.1) is 6.58 Å². The van der Waals surface area contributed by atoms with E-state index in [0.717, 1.165) is 5.56 Å². The summed E-state index contributed by atoms with van der Waals surface area (Å²) >= 11 is 0. The molecule has 1 N–H and O–H groups in total. The fraction of sp³-hybridized carbons (Fsp3) is 0.357. The summed E-state index contributed by atoms with van der Waals surface area (Å²) in [6, 6.07) is 6.16. The average Bonchev–Trinajstić information content (AvgIpc) is 2.32. The van der Waals surface area contributed by atoms with Crippen LogP contribution >= 0.6 is 0 Å². The van der Waals surface area contributed by atoms with Crippen LogP contribution in [-0.4, -0.2) is 30.6 Å².